The molecular formula is C15H18O4. The first-order valence-electron chi connectivity index (χ1n) is 6.90. The van der Waals surface area contributed by atoms with Gasteiger partial charge in [-0.25, -0.2) is 4.79 Å². The summed E-state index contributed by atoms with van der Waals surface area (Å²) >= 11 is 0. The second-order valence-electron chi connectivity index (χ2n) is 5.05. The Balaban J connectivity index is 1.80. The van der Waals surface area contributed by atoms with E-state index in [-0.39, 0.29) is 5.97 Å². The van der Waals surface area contributed by atoms with E-state index in [1.54, 1.807) is 19.1 Å². The van der Waals surface area contributed by atoms with E-state index in [1.165, 1.54) is 0 Å². The highest BCUT2D eigenvalue weighted by Gasteiger charge is 2.26. The number of rotatable bonds is 6. The molecule has 1 aromatic rings. The highest BCUT2D eigenvalue weighted by molar-refractivity contribution is 5.90. The Morgan fingerprint density at radius 2 is 1.58 bits per heavy atom. The highest BCUT2D eigenvalue weighted by atomic mass is 16.5. The van der Waals surface area contributed by atoms with E-state index in [0.29, 0.717) is 35.9 Å². The number of hydrogen-bond donors (Lipinski definition) is 0. The van der Waals surface area contributed by atoms with Gasteiger partial charge in [0.1, 0.15) is 11.5 Å². The summed E-state index contributed by atoms with van der Waals surface area (Å²) in [5.74, 6) is 1.07. The molecule has 0 heterocycles. The van der Waals surface area contributed by atoms with Crippen LogP contribution in [0.15, 0.2) is 18.2 Å². The first kappa shape index (κ1) is 12.3. The van der Waals surface area contributed by atoms with Crippen molar-refractivity contribution in [3.63, 3.8) is 0 Å². The maximum atomic E-state index is 11.8. The van der Waals surface area contributed by atoms with E-state index in [0.717, 1.165) is 25.7 Å². The standard InChI is InChI=1S/C15H18O4/c1-2-17-15(16)10-7-13(18-11-3-4-11)9-14(8-10)19-12-5-6-12/h7-9,11-12H,2-6H2,1H3. The third kappa shape index (κ3) is 3.40. The van der Waals surface area contributed by atoms with Crippen molar-refractivity contribution in [3.05, 3.63) is 23.8 Å². The van der Waals surface area contributed by atoms with Crippen LogP contribution in [0.5, 0.6) is 11.5 Å². The summed E-state index contributed by atoms with van der Waals surface area (Å²) < 4.78 is 16.5. The number of esters is 1. The molecule has 0 unspecified atom stereocenters. The third-order valence-electron chi connectivity index (χ3n) is 3.05. The number of carbonyl (C=O) groups is 1. The Bertz CT molecular complexity index is 443. The average Bonchev–Trinajstić information content (AvgIpc) is 3.25. The summed E-state index contributed by atoms with van der Waals surface area (Å²) in [6.07, 6.45) is 4.94. The fourth-order valence-corrected chi connectivity index (χ4v) is 1.80. The molecule has 1 aromatic carbocycles. The van der Waals surface area contributed by atoms with Crippen LogP contribution < -0.4 is 9.47 Å². The molecule has 0 atom stereocenters. The molecule has 2 aliphatic rings. The molecular weight excluding hydrogens is 244 g/mol. The molecule has 0 saturated heterocycles. The van der Waals surface area contributed by atoms with Crippen LogP contribution in [0.4, 0.5) is 0 Å². The van der Waals surface area contributed by atoms with Crippen LogP contribution in [0, 0.1) is 0 Å². The van der Waals surface area contributed by atoms with Gasteiger partial charge in [-0.1, -0.05) is 0 Å². The van der Waals surface area contributed by atoms with Crippen molar-refractivity contribution in [3.8, 4) is 11.5 Å². The molecule has 4 heteroatoms. The second kappa shape index (κ2) is 5.11. The molecule has 0 spiro atoms. The fraction of sp³-hybridized carbons (Fsp3) is 0.533. The van der Waals surface area contributed by atoms with Crippen LogP contribution >= 0.6 is 0 Å². The summed E-state index contributed by atoms with van der Waals surface area (Å²) in [5, 5.41) is 0. The van der Waals surface area contributed by atoms with Crippen LogP contribution in [0.1, 0.15) is 43.0 Å². The second-order valence-corrected chi connectivity index (χ2v) is 5.05. The Kier molecular flexibility index (Phi) is 3.32. The van der Waals surface area contributed by atoms with Crippen LogP contribution in [0.25, 0.3) is 0 Å². The van der Waals surface area contributed by atoms with Crippen molar-refractivity contribution in [1.82, 2.24) is 0 Å². The van der Waals surface area contributed by atoms with Crippen LogP contribution in [-0.2, 0) is 4.74 Å². The lowest BCUT2D eigenvalue weighted by Crippen LogP contribution is -2.07. The Hall–Kier alpha value is -1.71. The largest absolute Gasteiger partial charge is 0.490 e. The SMILES string of the molecule is CCOC(=O)c1cc(OC2CC2)cc(OC2CC2)c1. The monoisotopic (exact) mass is 262 g/mol. The Morgan fingerprint density at radius 3 is 2.00 bits per heavy atom. The number of benzene rings is 1. The van der Waals surface area contributed by atoms with Crippen LogP contribution in [-0.4, -0.2) is 24.8 Å². The zero-order valence-electron chi connectivity index (χ0n) is 11.1. The molecule has 2 aliphatic carbocycles. The topological polar surface area (TPSA) is 44.8 Å². The van der Waals surface area contributed by atoms with E-state index in [9.17, 15) is 4.79 Å². The van der Waals surface area contributed by atoms with E-state index < -0.39 is 0 Å². The van der Waals surface area contributed by atoms with Crippen molar-refractivity contribution in [2.45, 2.75) is 44.8 Å². The molecule has 2 fully saturated rings. The van der Waals surface area contributed by atoms with E-state index in [1.807, 2.05) is 6.07 Å². The predicted molar refractivity (Wildman–Crippen MR) is 69.7 cm³/mol. The van der Waals surface area contributed by atoms with Gasteiger partial charge in [-0.2, -0.15) is 0 Å². The maximum Gasteiger partial charge on any atom is 0.338 e. The maximum absolute atomic E-state index is 11.8. The lowest BCUT2D eigenvalue weighted by Gasteiger charge is -2.11. The van der Waals surface area contributed by atoms with Crippen LogP contribution in [0.2, 0.25) is 0 Å². The summed E-state index contributed by atoms with van der Waals surface area (Å²) in [7, 11) is 0. The summed E-state index contributed by atoms with van der Waals surface area (Å²) in [4.78, 5) is 11.8. The van der Waals surface area contributed by atoms with Gasteiger partial charge in [-0.3, -0.25) is 0 Å². The van der Waals surface area contributed by atoms with Gasteiger partial charge in [0.15, 0.2) is 0 Å². The molecule has 0 aliphatic heterocycles. The van der Waals surface area contributed by atoms with E-state index >= 15 is 0 Å². The number of hydrogen-bond acceptors (Lipinski definition) is 4. The number of ether oxygens (including phenoxy) is 3. The molecule has 0 amide bonds. The van der Waals surface area contributed by atoms with E-state index in [2.05, 4.69) is 0 Å². The molecule has 0 radical (unpaired) electrons. The minimum Gasteiger partial charge on any atom is -0.490 e. The van der Waals surface area contributed by atoms with Gasteiger partial charge in [0.2, 0.25) is 0 Å². The highest BCUT2D eigenvalue weighted by Crippen LogP contribution is 2.33. The van der Waals surface area contributed by atoms with Gasteiger partial charge in [0.05, 0.1) is 24.4 Å². The van der Waals surface area contributed by atoms with Crippen molar-refractivity contribution in [2.75, 3.05) is 6.61 Å². The Morgan fingerprint density at radius 1 is 1.05 bits per heavy atom. The molecule has 0 aromatic heterocycles. The van der Waals surface area contributed by atoms with E-state index in [4.69, 9.17) is 14.2 Å². The zero-order valence-corrected chi connectivity index (χ0v) is 11.1. The quantitative estimate of drug-likeness (QED) is 0.739. The van der Waals surface area contributed by atoms with Gasteiger partial charge < -0.3 is 14.2 Å². The molecule has 3 rings (SSSR count). The molecule has 0 N–H and O–H groups in total. The van der Waals surface area contributed by atoms with Gasteiger partial charge >= 0.3 is 5.97 Å². The molecule has 102 valence electrons. The van der Waals surface area contributed by atoms with Crippen molar-refractivity contribution in [2.24, 2.45) is 0 Å². The van der Waals surface area contributed by atoms with Gasteiger partial charge in [-0.15, -0.1) is 0 Å². The number of carbonyl (C=O) groups excluding carboxylic acids is 1. The zero-order chi connectivity index (χ0) is 13.2. The van der Waals surface area contributed by atoms with Gasteiger partial charge in [0.25, 0.3) is 0 Å². The first-order valence-corrected chi connectivity index (χ1v) is 6.90. The van der Waals surface area contributed by atoms with Crippen LogP contribution in [0.3, 0.4) is 0 Å². The molecule has 2 saturated carbocycles. The molecule has 4 nitrogen and oxygen atoms in total. The fourth-order valence-electron chi connectivity index (χ4n) is 1.80. The Labute approximate surface area is 112 Å². The minimum absolute atomic E-state index is 0.297. The van der Waals surface area contributed by atoms with Gasteiger partial charge in [0, 0.05) is 6.07 Å². The van der Waals surface area contributed by atoms with Crippen molar-refractivity contribution < 1.29 is 19.0 Å². The third-order valence-corrected chi connectivity index (χ3v) is 3.05. The van der Waals surface area contributed by atoms with Crippen molar-refractivity contribution >= 4 is 5.97 Å². The summed E-state index contributed by atoms with van der Waals surface area (Å²) in [5.41, 5.74) is 0.496. The average molecular weight is 262 g/mol. The summed E-state index contributed by atoms with van der Waals surface area (Å²) in [6, 6.07) is 5.32. The predicted octanol–water partition coefficient (Wildman–Crippen LogP) is 2.95. The van der Waals surface area contributed by atoms with Gasteiger partial charge in [-0.05, 0) is 44.7 Å². The lowest BCUT2D eigenvalue weighted by atomic mass is 10.2. The normalized spacial score (nSPS) is 17.9. The smallest absolute Gasteiger partial charge is 0.338 e. The minimum atomic E-state index is -0.329. The molecule has 0 bridgehead atoms. The molecule has 19 heavy (non-hydrogen) atoms. The first-order chi connectivity index (χ1) is 9.24. The van der Waals surface area contributed by atoms with Crippen molar-refractivity contribution in [1.29, 1.82) is 0 Å². The summed E-state index contributed by atoms with van der Waals surface area (Å²) in [6.45, 7) is 2.16. The lowest BCUT2D eigenvalue weighted by molar-refractivity contribution is 0.0525.